The van der Waals surface area contributed by atoms with Crippen LogP contribution in [0.4, 0.5) is 11.4 Å². The van der Waals surface area contributed by atoms with E-state index >= 15 is 0 Å². The molecule has 1 amide bonds. The Morgan fingerprint density at radius 2 is 1.55 bits per heavy atom. The zero-order valence-corrected chi connectivity index (χ0v) is 25.7. The molecule has 7 nitrogen and oxygen atoms in total. The van der Waals surface area contributed by atoms with Crippen molar-refractivity contribution in [3.63, 3.8) is 0 Å². The number of ketones is 1. The largest absolute Gasteiger partial charge is 0.492 e. The number of nitrogens with one attached hydrogen (secondary N) is 1. The predicted molar refractivity (Wildman–Crippen MR) is 175 cm³/mol. The van der Waals surface area contributed by atoms with Crippen molar-refractivity contribution in [2.45, 2.75) is 46.6 Å². The van der Waals surface area contributed by atoms with Crippen molar-refractivity contribution < 1.29 is 24.2 Å². The Hall–Kier alpha value is -4.91. The number of carboxylic acid groups (broad SMARTS) is 1. The zero-order chi connectivity index (χ0) is 31.7. The minimum absolute atomic E-state index is 0.0429. The molecular weight excluding hydrogens is 552 g/mol. The molecule has 7 heteroatoms. The van der Waals surface area contributed by atoms with Crippen LogP contribution in [0, 0.1) is 12.3 Å². The normalized spacial score (nSPS) is 11.8. The highest BCUT2D eigenvalue weighted by molar-refractivity contribution is 6.12. The van der Waals surface area contributed by atoms with Gasteiger partial charge in [0.1, 0.15) is 18.4 Å². The standard InChI is InChI=1S/C37H40N2O5/c1-26-11-10-14-29(23-26)39(34(40)25-37(2,3)4)21-22-44-30-19-17-27(18-20-30)24-33(36(42)43)38-32-16-9-8-15-31(32)35(41)28-12-6-5-7-13-28/h5-20,23,33,38H,21-22,24-25H2,1-4H3,(H,42,43)/t33-/m0/s1. The molecule has 4 rings (SSSR count). The second kappa shape index (κ2) is 14.5. The topological polar surface area (TPSA) is 95.9 Å². The van der Waals surface area contributed by atoms with E-state index in [1.54, 1.807) is 65.6 Å². The first-order valence-corrected chi connectivity index (χ1v) is 14.8. The molecule has 0 aliphatic rings. The number of rotatable bonds is 13. The molecule has 0 saturated carbocycles. The molecule has 0 aliphatic carbocycles. The van der Waals surface area contributed by atoms with Crippen molar-refractivity contribution in [3.05, 3.63) is 125 Å². The van der Waals surface area contributed by atoms with Crippen LogP contribution in [0.25, 0.3) is 0 Å². The number of ether oxygens (including phenoxy) is 1. The van der Waals surface area contributed by atoms with Gasteiger partial charge in [0.15, 0.2) is 5.78 Å². The van der Waals surface area contributed by atoms with Crippen LogP contribution in [0.2, 0.25) is 0 Å². The Bertz CT molecular complexity index is 1580. The number of hydrogen-bond acceptors (Lipinski definition) is 5. The first-order chi connectivity index (χ1) is 21.0. The summed E-state index contributed by atoms with van der Waals surface area (Å²) < 4.78 is 5.99. The molecule has 4 aromatic rings. The van der Waals surface area contributed by atoms with E-state index in [9.17, 15) is 19.5 Å². The lowest BCUT2D eigenvalue weighted by molar-refractivity contribution is -0.137. The molecule has 0 bridgehead atoms. The van der Waals surface area contributed by atoms with Gasteiger partial charge in [0.25, 0.3) is 0 Å². The van der Waals surface area contributed by atoms with Gasteiger partial charge in [0, 0.05) is 35.3 Å². The van der Waals surface area contributed by atoms with Crippen LogP contribution in [0.1, 0.15) is 54.2 Å². The fourth-order valence-electron chi connectivity index (χ4n) is 4.89. The monoisotopic (exact) mass is 592 g/mol. The van der Waals surface area contributed by atoms with E-state index in [2.05, 4.69) is 5.32 Å². The van der Waals surface area contributed by atoms with Gasteiger partial charge in [-0.15, -0.1) is 0 Å². The molecule has 0 aliphatic heterocycles. The minimum atomic E-state index is -1.02. The minimum Gasteiger partial charge on any atom is -0.492 e. The summed E-state index contributed by atoms with van der Waals surface area (Å²) in [5.41, 5.74) is 3.99. The van der Waals surface area contributed by atoms with Gasteiger partial charge in [-0.2, -0.15) is 0 Å². The number of carboxylic acids is 1. The smallest absolute Gasteiger partial charge is 0.326 e. The first-order valence-electron chi connectivity index (χ1n) is 14.8. The number of aryl methyl sites for hydroxylation is 1. The van der Waals surface area contributed by atoms with Crippen molar-refractivity contribution in [1.82, 2.24) is 0 Å². The molecule has 1 atom stereocenters. The summed E-state index contributed by atoms with van der Waals surface area (Å²) in [6, 6.07) is 30.0. The number of anilines is 2. The quantitative estimate of drug-likeness (QED) is 0.160. The maximum Gasteiger partial charge on any atom is 0.326 e. The SMILES string of the molecule is Cc1cccc(N(CCOc2ccc(C[C@H](Nc3ccccc3C(=O)c3ccccc3)C(=O)O)cc2)C(=O)CC(C)(C)C)c1. The maximum absolute atomic E-state index is 13.2. The van der Waals surface area contributed by atoms with Gasteiger partial charge >= 0.3 is 5.97 Å². The molecule has 0 fully saturated rings. The van der Waals surface area contributed by atoms with E-state index in [4.69, 9.17) is 4.74 Å². The zero-order valence-electron chi connectivity index (χ0n) is 25.7. The molecule has 0 saturated heterocycles. The van der Waals surface area contributed by atoms with Gasteiger partial charge < -0.3 is 20.1 Å². The second-order valence-corrected chi connectivity index (χ2v) is 12.1. The molecule has 228 valence electrons. The molecule has 0 spiro atoms. The Labute approximate surface area is 259 Å². The Morgan fingerprint density at radius 3 is 2.20 bits per heavy atom. The number of amides is 1. The Balaban J connectivity index is 1.40. The van der Waals surface area contributed by atoms with Gasteiger partial charge in [-0.25, -0.2) is 4.79 Å². The lowest BCUT2D eigenvalue weighted by Crippen LogP contribution is -2.36. The number of aliphatic carboxylic acids is 1. The number of carbonyl (C=O) groups excluding carboxylic acids is 2. The summed E-state index contributed by atoms with van der Waals surface area (Å²) in [7, 11) is 0. The van der Waals surface area contributed by atoms with E-state index < -0.39 is 12.0 Å². The summed E-state index contributed by atoms with van der Waals surface area (Å²) in [6.45, 7) is 8.84. The van der Waals surface area contributed by atoms with Crippen molar-refractivity contribution >= 4 is 29.0 Å². The van der Waals surface area contributed by atoms with Crippen LogP contribution in [-0.4, -0.2) is 42.0 Å². The van der Waals surface area contributed by atoms with Crippen molar-refractivity contribution in [2.75, 3.05) is 23.4 Å². The fourth-order valence-corrected chi connectivity index (χ4v) is 4.89. The van der Waals surface area contributed by atoms with E-state index in [1.807, 2.05) is 70.2 Å². The van der Waals surface area contributed by atoms with Crippen LogP contribution >= 0.6 is 0 Å². The van der Waals surface area contributed by atoms with Gasteiger partial charge in [-0.1, -0.05) is 87.5 Å². The third-order valence-corrected chi connectivity index (χ3v) is 7.08. The molecule has 44 heavy (non-hydrogen) atoms. The summed E-state index contributed by atoms with van der Waals surface area (Å²) in [5.74, 6) is -0.537. The van der Waals surface area contributed by atoms with Crippen molar-refractivity contribution in [1.29, 1.82) is 0 Å². The number of para-hydroxylation sites is 1. The molecule has 0 heterocycles. The van der Waals surface area contributed by atoms with E-state index in [1.165, 1.54) is 0 Å². The van der Waals surface area contributed by atoms with Crippen molar-refractivity contribution in [3.8, 4) is 5.75 Å². The Morgan fingerprint density at radius 1 is 0.864 bits per heavy atom. The second-order valence-electron chi connectivity index (χ2n) is 12.1. The van der Waals surface area contributed by atoms with Gasteiger partial charge in [-0.05, 0) is 59.9 Å². The van der Waals surface area contributed by atoms with Gasteiger partial charge in [-0.3, -0.25) is 9.59 Å². The van der Waals surface area contributed by atoms with Crippen LogP contribution in [-0.2, 0) is 16.0 Å². The molecule has 2 N–H and O–H groups in total. The number of nitrogens with zero attached hydrogens (tertiary/aromatic N) is 1. The number of hydrogen-bond donors (Lipinski definition) is 2. The highest BCUT2D eigenvalue weighted by Crippen LogP contribution is 2.25. The summed E-state index contributed by atoms with van der Waals surface area (Å²) in [5, 5.41) is 13.1. The summed E-state index contributed by atoms with van der Waals surface area (Å²) in [6.07, 6.45) is 0.616. The van der Waals surface area contributed by atoms with Crippen molar-refractivity contribution in [2.24, 2.45) is 5.41 Å². The lowest BCUT2D eigenvalue weighted by atomic mass is 9.91. The lowest BCUT2D eigenvalue weighted by Gasteiger charge is -2.27. The average molecular weight is 593 g/mol. The molecule has 4 aromatic carbocycles. The Kier molecular flexibility index (Phi) is 10.6. The summed E-state index contributed by atoms with van der Waals surface area (Å²) in [4.78, 5) is 40.3. The first kappa shape index (κ1) is 32.0. The fraction of sp³-hybridized carbons (Fsp3) is 0.270. The molecule has 0 radical (unpaired) electrons. The molecule has 0 unspecified atom stereocenters. The van der Waals surface area contributed by atoms with Crippen LogP contribution in [0.3, 0.4) is 0 Å². The molecular formula is C37H40N2O5. The average Bonchev–Trinajstić information content (AvgIpc) is 2.99. The third kappa shape index (κ3) is 9.04. The van der Waals surface area contributed by atoms with Crippen LogP contribution in [0.15, 0.2) is 103 Å². The van der Waals surface area contributed by atoms with Gasteiger partial charge in [0.05, 0.1) is 6.54 Å². The maximum atomic E-state index is 13.2. The van der Waals surface area contributed by atoms with Crippen LogP contribution < -0.4 is 15.0 Å². The highest BCUT2D eigenvalue weighted by atomic mass is 16.5. The van der Waals surface area contributed by atoms with Gasteiger partial charge in [0.2, 0.25) is 5.91 Å². The van der Waals surface area contributed by atoms with E-state index in [0.29, 0.717) is 42.1 Å². The van der Waals surface area contributed by atoms with Crippen LogP contribution in [0.5, 0.6) is 5.75 Å². The number of carbonyl (C=O) groups is 3. The number of benzene rings is 4. The predicted octanol–water partition coefficient (Wildman–Crippen LogP) is 7.18. The third-order valence-electron chi connectivity index (χ3n) is 7.08. The van der Waals surface area contributed by atoms with E-state index in [0.717, 1.165) is 16.8 Å². The van der Waals surface area contributed by atoms with E-state index in [-0.39, 0.29) is 23.5 Å². The highest BCUT2D eigenvalue weighted by Gasteiger charge is 2.23. The molecule has 0 aromatic heterocycles. The summed E-state index contributed by atoms with van der Waals surface area (Å²) >= 11 is 0.